The molecule has 2 aliphatic rings. The molecule has 0 aromatic carbocycles. The molecule has 104 valence electrons. The van der Waals surface area contributed by atoms with Crippen LogP contribution in [0.2, 0.25) is 0 Å². The van der Waals surface area contributed by atoms with E-state index in [1.54, 1.807) is 0 Å². The highest BCUT2D eigenvalue weighted by Crippen LogP contribution is 2.53. The predicted octanol–water partition coefficient (Wildman–Crippen LogP) is 2.60. The average Bonchev–Trinajstić information content (AvgIpc) is 2.57. The minimum atomic E-state index is 0.00685. The molecule has 0 aromatic heterocycles. The van der Waals surface area contributed by atoms with Crippen molar-refractivity contribution in [3.8, 4) is 0 Å². The van der Waals surface area contributed by atoms with Gasteiger partial charge in [-0.3, -0.25) is 4.79 Å². The maximum atomic E-state index is 12.2. The second-order valence-corrected chi connectivity index (χ2v) is 7.15. The number of nitrogens with one attached hydrogen (secondary N) is 1. The first kappa shape index (κ1) is 13.9. The van der Waals surface area contributed by atoms with Crippen molar-refractivity contribution in [2.45, 2.75) is 47.0 Å². The van der Waals surface area contributed by atoms with E-state index in [4.69, 9.17) is 4.74 Å². The fourth-order valence-corrected chi connectivity index (χ4v) is 4.59. The molecule has 1 N–H and O–H groups in total. The Morgan fingerprint density at radius 1 is 1.39 bits per heavy atom. The molecule has 2 rings (SSSR count). The molecular formula is C15H27NO2. The lowest BCUT2D eigenvalue weighted by atomic mass is 9.57. The number of esters is 1. The summed E-state index contributed by atoms with van der Waals surface area (Å²) in [5.74, 6) is 0.762. The van der Waals surface area contributed by atoms with Gasteiger partial charge in [-0.05, 0) is 42.9 Å². The Hall–Kier alpha value is -0.570. The average molecular weight is 253 g/mol. The number of hydrogen-bond donors (Lipinski definition) is 1. The molecule has 1 spiro atoms. The Morgan fingerprint density at radius 2 is 2.11 bits per heavy atom. The van der Waals surface area contributed by atoms with Crippen LogP contribution in [-0.4, -0.2) is 25.7 Å². The first-order valence-electron chi connectivity index (χ1n) is 7.26. The van der Waals surface area contributed by atoms with Gasteiger partial charge < -0.3 is 10.1 Å². The van der Waals surface area contributed by atoms with Crippen LogP contribution in [0.5, 0.6) is 0 Å². The quantitative estimate of drug-likeness (QED) is 0.769. The molecule has 0 bridgehead atoms. The number of carbonyl (C=O) groups excluding carboxylic acids is 1. The molecule has 1 aliphatic carbocycles. The largest absolute Gasteiger partial charge is 0.466 e. The molecule has 0 radical (unpaired) electrons. The van der Waals surface area contributed by atoms with Gasteiger partial charge in [0.05, 0.1) is 12.5 Å². The van der Waals surface area contributed by atoms with Crippen LogP contribution in [0.25, 0.3) is 0 Å². The summed E-state index contributed by atoms with van der Waals surface area (Å²) >= 11 is 0. The lowest BCUT2D eigenvalue weighted by Gasteiger charge is -2.47. The van der Waals surface area contributed by atoms with Gasteiger partial charge in [0.15, 0.2) is 0 Å². The van der Waals surface area contributed by atoms with Crippen LogP contribution in [0, 0.1) is 22.7 Å². The summed E-state index contributed by atoms with van der Waals surface area (Å²) in [5.41, 5.74) is 0.474. The Morgan fingerprint density at radius 3 is 2.72 bits per heavy atom. The van der Waals surface area contributed by atoms with E-state index in [0.29, 0.717) is 17.9 Å². The molecule has 1 saturated heterocycles. The minimum absolute atomic E-state index is 0.00685. The van der Waals surface area contributed by atoms with Crippen LogP contribution in [0.3, 0.4) is 0 Å². The monoisotopic (exact) mass is 253 g/mol. The second-order valence-electron chi connectivity index (χ2n) is 7.15. The summed E-state index contributed by atoms with van der Waals surface area (Å²) in [6.45, 7) is 11.1. The van der Waals surface area contributed by atoms with E-state index in [9.17, 15) is 4.79 Å². The third kappa shape index (κ3) is 2.56. The molecule has 3 nitrogen and oxygen atoms in total. The molecular weight excluding hydrogens is 226 g/mol. The summed E-state index contributed by atoms with van der Waals surface area (Å²) in [6.07, 6.45) is 3.57. The van der Waals surface area contributed by atoms with Crippen LogP contribution < -0.4 is 5.32 Å². The highest BCUT2D eigenvalue weighted by atomic mass is 16.5. The van der Waals surface area contributed by atoms with Crippen molar-refractivity contribution in [1.82, 2.24) is 5.32 Å². The standard InChI is InChI=1S/C15H27NO2/c1-5-18-13(17)12-8-16-10-15(12)7-11(2)6-14(3,4)9-15/h11-12,16H,5-10H2,1-4H3. The van der Waals surface area contributed by atoms with Gasteiger partial charge in [-0.15, -0.1) is 0 Å². The fourth-order valence-electron chi connectivity index (χ4n) is 4.59. The van der Waals surface area contributed by atoms with Crippen molar-refractivity contribution in [3.63, 3.8) is 0 Å². The van der Waals surface area contributed by atoms with Crippen LogP contribution in [-0.2, 0) is 9.53 Å². The highest BCUT2D eigenvalue weighted by Gasteiger charge is 2.52. The summed E-state index contributed by atoms with van der Waals surface area (Å²) in [5, 5.41) is 3.43. The van der Waals surface area contributed by atoms with Crippen molar-refractivity contribution in [1.29, 1.82) is 0 Å². The Labute approximate surface area is 111 Å². The number of hydrogen-bond acceptors (Lipinski definition) is 3. The SMILES string of the molecule is CCOC(=O)C1CNCC12CC(C)CC(C)(C)C2. The van der Waals surface area contributed by atoms with Crippen molar-refractivity contribution in [3.05, 3.63) is 0 Å². The molecule has 1 aliphatic heterocycles. The Bertz CT molecular complexity index is 326. The summed E-state index contributed by atoms with van der Waals surface area (Å²) in [7, 11) is 0. The van der Waals surface area contributed by atoms with Crippen LogP contribution in [0.4, 0.5) is 0 Å². The summed E-state index contributed by atoms with van der Waals surface area (Å²) in [6, 6.07) is 0. The summed E-state index contributed by atoms with van der Waals surface area (Å²) in [4.78, 5) is 12.2. The minimum Gasteiger partial charge on any atom is -0.466 e. The normalized spacial score (nSPS) is 38.9. The zero-order chi connectivity index (χ0) is 13.4. The molecule has 1 saturated carbocycles. The van der Waals surface area contributed by atoms with Crippen LogP contribution in [0.15, 0.2) is 0 Å². The van der Waals surface area contributed by atoms with E-state index in [1.807, 2.05) is 6.92 Å². The molecule has 2 fully saturated rings. The molecule has 0 aromatic rings. The molecule has 18 heavy (non-hydrogen) atoms. The van der Waals surface area contributed by atoms with Gasteiger partial charge in [-0.25, -0.2) is 0 Å². The number of rotatable bonds is 2. The van der Waals surface area contributed by atoms with E-state index >= 15 is 0 Å². The molecule has 3 atom stereocenters. The lowest BCUT2D eigenvalue weighted by molar-refractivity contribution is -0.153. The third-order valence-corrected chi connectivity index (χ3v) is 4.62. The molecule has 3 unspecified atom stereocenters. The van der Waals surface area contributed by atoms with Crippen molar-refractivity contribution in [2.75, 3.05) is 19.7 Å². The predicted molar refractivity (Wildman–Crippen MR) is 72.2 cm³/mol. The van der Waals surface area contributed by atoms with Crippen LogP contribution in [0.1, 0.15) is 47.0 Å². The van der Waals surface area contributed by atoms with Crippen molar-refractivity contribution >= 4 is 5.97 Å². The van der Waals surface area contributed by atoms with E-state index in [-0.39, 0.29) is 17.3 Å². The van der Waals surface area contributed by atoms with Crippen molar-refractivity contribution in [2.24, 2.45) is 22.7 Å². The Kier molecular flexibility index (Phi) is 3.72. The first-order chi connectivity index (χ1) is 8.38. The van der Waals surface area contributed by atoms with Crippen molar-refractivity contribution < 1.29 is 9.53 Å². The third-order valence-electron chi connectivity index (χ3n) is 4.62. The van der Waals surface area contributed by atoms with Crippen LogP contribution >= 0.6 is 0 Å². The zero-order valence-electron chi connectivity index (χ0n) is 12.2. The van der Waals surface area contributed by atoms with Gasteiger partial charge in [0.1, 0.15) is 0 Å². The highest BCUT2D eigenvalue weighted by molar-refractivity contribution is 5.74. The van der Waals surface area contributed by atoms with E-state index < -0.39 is 0 Å². The zero-order valence-corrected chi connectivity index (χ0v) is 12.2. The lowest BCUT2D eigenvalue weighted by Crippen LogP contribution is -2.44. The van der Waals surface area contributed by atoms with E-state index in [1.165, 1.54) is 6.42 Å². The van der Waals surface area contributed by atoms with E-state index in [2.05, 4.69) is 26.1 Å². The molecule has 1 heterocycles. The number of ether oxygens (including phenoxy) is 1. The molecule has 3 heteroatoms. The van der Waals surface area contributed by atoms with Gasteiger partial charge in [-0.2, -0.15) is 0 Å². The van der Waals surface area contributed by atoms with Gasteiger partial charge in [0.2, 0.25) is 0 Å². The number of carbonyl (C=O) groups is 1. The first-order valence-corrected chi connectivity index (χ1v) is 7.26. The van der Waals surface area contributed by atoms with Gasteiger partial charge in [0, 0.05) is 13.1 Å². The van der Waals surface area contributed by atoms with Gasteiger partial charge in [-0.1, -0.05) is 20.8 Å². The summed E-state index contributed by atoms with van der Waals surface area (Å²) < 4.78 is 5.28. The maximum Gasteiger partial charge on any atom is 0.310 e. The molecule has 0 amide bonds. The fraction of sp³-hybridized carbons (Fsp3) is 0.933. The topological polar surface area (TPSA) is 38.3 Å². The Balaban J connectivity index is 2.20. The van der Waals surface area contributed by atoms with E-state index in [0.717, 1.165) is 25.9 Å². The van der Waals surface area contributed by atoms with Gasteiger partial charge >= 0.3 is 5.97 Å². The maximum absolute atomic E-state index is 12.2. The smallest absolute Gasteiger partial charge is 0.310 e. The van der Waals surface area contributed by atoms with Gasteiger partial charge in [0.25, 0.3) is 0 Å². The second kappa shape index (κ2) is 4.84.